The van der Waals surface area contributed by atoms with Crippen molar-refractivity contribution >= 4 is 69.1 Å². The molecule has 0 unspecified atom stereocenters. The number of amides is 3. The number of hydrogen-bond donors (Lipinski definition) is 2. The molecule has 2 aromatic rings. The number of nitrogens with zero attached hydrogens (tertiary/aromatic N) is 2. The summed E-state index contributed by atoms with van der Waals surface area (Å²) >= 11 is 7.73. The van der Waals surface area contributed by atoms with Crippen molar-refractivity contribution in [3.05, 3.63) is 67.2 Å². The fourth-order valence-corrected chi connectivity index (χ4v) is 4.23. The van der Waals surface area contributed by atoms with Gasteiger partial charge in [-0.1, -0.05) is 30.0 Å². The number of nitrogens with one attached hydrogen (secondary N) is 2. The molecule has 0 radical (unpaired) electrons. The highest BCUT2D eigenvalue weighted by Crippen LogP contribution is 2.32. The lowest BCUT2D eigenvalue weighted by Crippen LogP contribution is -2.47. The number of rotatable bonds is 5. The van der Waals surface area contributed by atoms with Crippen LogP contribution in [-0.4, -0.2) is 38.4 Å². The van der Waals surface area contributed by atoms with Crippen molar-refractivity contribution in [3.63, 3.8) is 0 Å². The first-order valence-corrected chi connectivity index (χ1v) is 10.1. The van der Waals surface area contributed by atoms with Crippen LogP contribution >= 0.6 is 35.3 Å². The first kappa shape index (κ1) is 20.6. The van der Waals surface area contributed by atoms with Crippen LogP contribution in [0.2, 0.25) is 0 Å². The van der Waals surface area contributed by atoms with E-state index in [2.05, 4.69) is 10.9 Å². The third-order valence-corrected chi connectivity index (χ3v) is 5.84. The van der Waals surface area contributed by atoms with Crippen LogP contribution in [-0.2, 0) is 9.59 Å². The fourth-order valence-electron chi connectivity index (χ4n) is 2.26. The average Bonchev–Trinajstić information content (AvgIpc) is 3.30. The van der Waals surface area contributed by atoms with Gasteiger partial charge < -0.3 is 0 Å². The molecule has 9 nitrogen and oxygen atoms in total. The number of non-ortho nitro benzene ring substituents is 1. The zero-order chi connectivity index (χ0) is 21.0. The number of thiophene rings is 1. The van der Waals surface area contributed by atoms with Gasteiger partial charge in [0.2, 0.25) is 0 Å². The van der Waals surface area contributed by atoms with E-state index in [-0.39, 0.29) is 28.0 Å². The van der Waals surface area contributed by atoms with E-state index < -0.39 is 16.7 Å². The van der Waals surface area contributed by atoms with Gasteiger partial charge in [0.25, 0.3) is 23.4 Å². The summed E-state index contributed by atoms with van der Waals surface area (Å²) in [5.41, 5.74) is 4.35. The van der Waals surface area contributed by atoms with Gasteiger partial charge in [-0.05, 0) is 29.7 Å². The summed E-state index contributed by atoms with van der Waals surface area (Å²) in [5, 5.41) is 12.5. The van der Waals surface area contributed by atoms with Crippen molar-refractivity contribution in [3.8, 4) is 0 Å². The van der Waals surface area contributed by atoms with Gasteiger partial charge in [-0.15, -0.1) is 11.3 Å². The largest absolute Gasteiger partial charge is 0.283 e. The van der Waals surface area contributed by atoms with Crippen LogP contribution in [0.15, 0.2) is 46.7 Å². The SMILES string of the molecule is O=C(CN1C(=O)/C(=C\c2cccs2)SC1=S)NNC(=O)c1ccc([N+](=O)[O-])cc1. The maximum atomic E-state index is 12.5. The third kappa shape index (κ3) is 5.04. The van der Waals surface area contributed by atoms with Crippen LogP contribution in [0.25, 0.3) is 6.08 Å². The number of nitro groups is 1. The molecule has 3 rings (SSSR count). The zero-order valence-corrected chi connectivity index (χ0v) is 16.9. The Morgan fingerprint density at radius 3 is 2.55 bits per heavy atom. The number of thioether (sulfide) groups is 1. The summed E-state index contributed by atoms with van der Waals surface area (Å²) < 4.78 is 0.245. The third-order valence-electron chi connectivity index (χ3n) is 3.65. The van der Waals surface area contributed by atoms with E-state index >= 15 is 0 Å². The molecule has 12 heteroatoms. The van der Waals surface area contributed by atoms with Gasteiger partial charge in [0.05, 0.1) is 9.83 Å². The van der Waals surface area contributed by atoms with Crippen LogP contribution in [0.5, 0.6) is 0 Å². The van der Waals surface area contributed by atoms with Gasteiger partial charge in [0, 0.05) is 22.6 Å². The normalized spacial score (nSPS) is 14.9. The van der Waals surface area contributed by atoms with E-state index in [1.807, 2.05) is 17.5 Å². The molecule has 148 valence electrons. The number of carbonyl (C=O) groups is 3. The molecule has 29 heavy (non-hydrogen) atoms. The minimum absolute atomic E-state index is 0.125. The lowest BCUT2D eigenvalue weighted by atomic mass is 10.2. The first-order valence-electron chi connectivity index (χ1n) is 7.97. The Labute approximate surface area is 177 Å². The van der Waals surface area contributed by atoms with Crippen molar-refractivity contribution < 1.29 is 19.3 Å². The predicted octanol–water partition coefficient (Wildman–Crippen LogP) is 2.32. The van der Waals surface area contributed by atoms with Crippen molar-refractivity contribution in [1.29, 1.82) is 0 Å². The highest BCUT2D eigenvalue weighted by molar-refractivity contribution is 8.26. The summed E-state index contributed by atoms with van der Waals surface area (Å²) in [5.74, 6) is -1.68. The summed E-state index contributed by atoms with van der Waals surface area (Å²) in [4.78, 5) is 49.1. The lowest BCUT2D eigenvalue weighted by molar-refractivity contribution is -0.384. The number of hydrazine groups is 1. The lowest BCUT2D eigenvalue weighted by Gasteiger charge is -2.14. The minimum atomic E-state index is -0.656. The topological polar surface area (TPSA) is 122 Å². The molecule has 0 aliphatic carbocycles. The molecule has 3 amide bonds. The van der Waals surface area contributed by atoms with E-state index in [4.69, 9.17) is 12.2 Å². The molecule has 1 fully saturated rings. The van der Waals surface area contributed by atoms with Crippen LogP contribution in [0, 0.1) is 10.1 Å². The molecule has 0 bridgehead atoms. The summed E-state index contributed by atoms with van der Waals surface area (Å²) in [6.45, 7) is -0.354. The highest BCUT2D eigenvalue weighted by Gasteiger charge is 2.33. The maximum absolute atomic E-state index is 12.5. The fraction of sp³-hybridized carbons (Fsp3) is 0.0588. The van der Waals surface area contributed by atoms with Crippen molar-refractivity contribution in [1.82, 2.24) is 15.8 Å². The smallest absolute Gasteiger partial charge is 0.269 e. The van der Waals surface area contributed by atoms with Crippen LogP contribution in [0.1, 0.15) is 15.2 Å². The summed E-state index contributed by atoms with van der Waals surface area (Å²) in [7, 11) is 0. The van der Waals surface area contributed by atoms with E-state index in [0.717, 1.165) is 21.5 Å². The van der Waals surface area contributed by atoms with Crippen molar-refractivity contribution in [2.75, 3.05) is 6.54 Å². The van der Waals surface area contributed by atoms with Gasteiger partial charge in [-0.3, -0.25) is 40.2 Å². The van der Waals surface area contributed by atoms with Gasteiger partial charge in [0.15, 0.2) is 0 Å². The van der Waals surface area contributed by atoms with Crippen LogP contribution < -0.4 is 10.9 Å². The highest BCUT2D eigenvalue weighted by atomic mass is 32.2. The molecular formula is C17H12N4O5S3. The molecule has 1 aromatic heterocycles. The van der Waals surface area contributed by atoms with Crippen molar-refractivity contribution in [2.45, 2.75) is 0 Å². The Kier molecular flexibility index (Phi) is 6.36. The predicted molar refractivity (Wildman–Crippen MR) is 113 cm³/mol. The van der Waals surface area contributed by atoms with E-state index in [1.54, 1.807) is 6.08 Å². The Hall–Kier alpha value is -3.09. The molecule has 0 spiro atoms. The Balaban J connectivity index is 1.55. The maximum Gasteiger partial charge on any atom is 0.269 e. The molecule has 1 aliphatic heterocycles. The Morgan fingerprint density at radius 2 is 1.93 bits per heavy atom. The quantitative estimate of drug-likeness (QED) is 0.312. The zero-order valence-electron chi connectivity index (χ0n) is 14.5. The van der Waals surface area contributed by atoms with E-state index in [0.29, 0.717) is 4.91 Å². The van der Waals surface area contributed by atoms with Gasteiger partial charge in [-0.25, -0.2) is 0 Å². The second kappa shape index (κ2) is 8.94. The first-order chi connectivity index (χ1) is 13.8. The average molecular weight is 449 g/mol. The molecule has 0 atom stereocenters. The second-order valence-corrected chi connectivity index (χ2v) is 8.24. The monoisotopic (exact) mass is 448 g/mol. The van der Waals surface area contributed by atoms with Gasteiger partial charge in [0.1, 0.15) is 10.9 Å². The van der Waals surface area contributed by atoms with Crippen LogP contribution in [0.4, 0.5) is 5.69 Å². The Morgan fingerprint density at radius 1 is 1.21 bits per heavy atom. The minimum Gasteiger partial charge on any atom is -0.283 e. The second-order valence-electron chi connectivity index (χ2n) is 5.59. The Bertz CT molecular complexity index is 1020. The van der Waals surface area contributed by atoms with Crippen molar-refractivity contribution in [2.24, 2.45) is 0 Å². The number of thiocarbonyl (C=S) groups is 1. The molecule has 2 N–H and O–H groups in total. The van der Waals surface area contributed by atoms with E-state index in [9.17, 15) is 24.5 Å². The molecule has 2 heterocycles. The van der Waals surface area contributed by atoms with E-state index in [1.165, 1.54) is 35.6 Å². The van der Waals surface area contributed by atoms with Gasteiger partial charge >= 0.3 is 0 Å². The summed E-state index contributed by atoms with van der Waals surface area (Å²) in [6.07, 6.45) is 1.71. The molecule has 1 aromatic carbocycles. The molecule has 1 saturated heterocycles. The number of benzene rings is 1. The standard InChI is InChI=1S/C17H12N4O5S3/c22-14(18-19-15(23)10-3-5-11(6-4-10)21(25)26)9-20-16(24)13(29-17(20)27)8-12-2-1-7-28-12/h1-8H,9H2,(H,18,22)(H,19,23)/b13-8+. The molecule has 1 aliphatic rings. The molecule has 0 saturated carbocycles. The van der Waals surface area contributed by atoms with Gasteiger partial charge in [-0.2, -0.15) is 0 Å². The number of carbonyl (C=O) groups excluding carboxylic acids is 3. The number of hydrogen-bond acceptors (Lipinski definition) is 8. The molecular weight excluding hydrogens is 436 g/mol. The summed E-state index contributed by atoms with van der Waals surface area (Å²) in [6, 6.07) is 8.59. The number of nitro benzene ring substituents is 1. The van der Waals surface area contributed by atoms with Crippen LogP contribution in [0.3, 0.4) is 0 Å².